The molecule has 2 fully saturated rings. The average molecular weight is 389 g/mol. The first-order chi connectivity index (χ1) is 13.2. The number of carbonyl (C=O) groups is 1. The van der Waals surface area contributed by atoms with E-state index in [4.69, 9.17) is 16.1 Å². The van der Waals surface area contributed by atoms with Gasteiger partial charge in [-0.2, -0.15) is 4.98 Å². The largest absolute Gasteiger partial charge is 0.342 e. The van der Waals surface area contributed by atoms with E-state index in [1.54, 1.807) is 0 Å². The maximum atomic E-state index is 12.7. The Kier molecular flexibility index (Phi) is 5.74. The number of nitrogens with zero attached hydrogens (tertiary/aromatic N) is 4. The Morgan fingerprint density at radius 1 is 1.11 bits per heavy atom. The van der Waals surface area contributed by atoms with Crippen LogP contribution < -0.4 is 0 Å². The third kappa shape index (κ3) is 4.33. The van der Waals surface area contributed by atoms with Crippen molar-refractivity contribution >= 4 is 17.5 Å². The molecule has 2 saturated heterocycles. The van der Waals surface area contributed by atoms with E-state index < -0.39 is 0 Å². The first-order valence-electron chi connectivity index (χ1n) is 9.79. The standard InChI is InChI=1S/C20H25ClN4O2/c21-17-7-3-2-6-16(17)19-22-18(27-23-19)14-24-12-8-15(9-13-24)20(26)25-10-4-1-5-11-25/h2-3,6-7,15H,1,4-5,8-14H2. The minimum absolute atomic E-state index is 0.167. The van der Waals surface area contributed by atoms with Crippen LogP contribution in [0, 0.1) is 5.92 Å². The lowest BCUT2D eigenvalue weighted by molar-refractivity contribution is -0.138. The molecule has 2 aliphatic rings. The lowest BCUT2D eigenvalue weighted by Crippen LogP contribution is -2.44. The summed E-state index contributed by atoms with van der Waals surface area (Å²) in [5, 5.41) is 4.67. The number of rotatable bonds is 4. The average Bonchev–Trinajstić information content (AvgIpc) is 3.17. The molecule has 1 aromatic heterocycles. The highest BCUT2D eigenvalue weighted by Gasteiger charge is 2.29. The number of aromatic nitrogens is 2. The molecule has 0 unspecified atom stereocenters. The fraction of sp³-hybridized carbons (Fsp3) is 0.550. The number of hydrogen-bond donors (Lipinski definition) is 0. The zero-order valence-corrected chi connectivity index (χ0v) is 16.2. The molecule has 0 atom stereocenters. The van der Waals surface area contributed by atoms with Crippen molar-refractivity contribution in [3.8, 4) is 11.4 Å². The first-order valence-corrected chi connectivity index (χ1v) is 10.2. The highest BCUT2D eigenvalue weighted by molar-refractivity contribution is 6.33. The molecular formula is C20H25ClN4O2. The number of amides is 1. The van der Waals surface area contributed by atoms with Crippen molar-refractivity contribution < 1.29 is 9.32 Å². The summed E-state index contributed by atoms with van der Waals surface area (Å²) >= 11 is 6.20. The Labute approximate surface area is 164 Å². The van der Waals surface area contributed by atoms with Crippen molar-refractivity contribution in [1.82, 2.24) is 19.9 Å². The summed E-state index contributed by atoms with van der Waals surface area (Å²) < 4.78 is 5.41. The van der Waals surface area contributed by atoms with Crippen molar-refractivity contribution in [2.24, 2.45) is 5.92 Å². The van der Waals surface area contributed by atoms with Crippen LogP contribution in [0.25, 0.3) is 11.4 Å². The number of carbonyl (C=O) groups excluding carboxylic acids is 1. The highest BCUT2D eigenvalue weighted by Crippen LogP contribution is 2.26. The third-order valence-corrected chi connectivity index (χ3v) is 5.88. The number of piperidine rings is 2. The minimum atomic E-state index is 0.167. The van der Waals surface area contributed by atoms with E-state index in [0.717, 1.165) is 57.4 Å². The molecule has 2 aliphatic heterocycles. The molecule has 4 rings (SSSR count). The number of likely N-dealkylation sites (tertiary alicyclic amines) is 2. The predicted octanol–water partition coefficient (Wildman–Crippen LogP) is 3.61. The molecule has 144 valence electrons. The summed E-state index contributed by atoms with van der Waals surface area (Å²) in [6.07, 6.45) is 5.36. The van der Waals surface area contributed by atoms with E-state index in [-0.39, 0.29) is 5.92 Å². The molecule has 0 spiro atoms. The summed E-state index contributed by atoms with van der Waals surface area (Å²) in [4.78, 5) is 21.5. The van der Waals surface area contributed by atoms with Gasteiger partial charge in [0.1, 0.15) is 0 Å². The molecule has 6 nitrogen and oxygen atoms in total. The number of hydrogen-bond acceptors (Lipinski definition) is 5. The summed E-state index contributed by atoms with van der Waals surface area (Å²) in [6.45, 7) is 4.25. The molecule has 0 radical (unpaired) electrons. The van der Waals surface area contributed by atoms with Crippen LogP contribution in [0.3, 0.4) is 0 Å². The highest BCUT2D eigenvalue weighted by atomic mass is 35.5. The molecule has 0 saturated carbocycles. The van der Waals surface area contributed by atoms with Crippen LogP contribution in [0.1, 0.15) is 38.0 Å². The van der Waals surface area contributed by atoms with Gasteiger partial charge in [-0.15, -0.1) is 0 Å². The Balaban J connectivity index is 1.31. The van der Waals surface area contributed by atoms with Gasteiger partial charge in [-0.3, -0.25) is 9.69 Å². The van der Waals surface area contributed by atoms with Crippen LogP contribution in [0.2, 0.25) is 5.02 Å². The van der Waals surface area contributed by atoms with Crippen LogP contribution in [0.4, 0.5) is 0 Å². The Bertz CT molecular complexity index is 780. The van der Waals surface area contributed by atoms with E-state index in [2.05, 4.69) is 19.9 Å². The Hall–Kier alpha value is -1.92. The van der Waals surface area contributed by atoms with Gasteiger partial charge >= 0.3 is 0 Å². The monoisotopic (exact) mass is 388 g/mol. The van der Waals surface area contributed by atoms with Crippen molar-refractivity contribution in [3.05, 3.63) is 35.2 Å². The topological polar surface area (TPSA) is 62.5 Å². The van der Waals surface area contributed by atoms with Crippen LogP contribution in [0.5, 0.6) is 0 Å². The molecule has 0 aliphatic carbocycles. The van der Waals surface area contributed by atoms with Gasteiger partial charge in [-0.05, 0) is 57.3 Å². The van der Waals surface area contributed by atoms with E-state index in [0.29, 0.717) is 29.2 Å². The van der Waals surface area contributed by atoms with Crippen molar-refractivity contribution in [2.75, 3.05) is 26.2 Å². The van der Waals surface area contributed by atoms with Gasteiger partial charge in [-0.25, -0.2) is 0 Å². The van der Waals surface area contributed by atoms with Gasteiger partial charge in [0.2, 0.25) is 17.6 Å². The van der Waals surface area contributed by atoms with Crippen LogP contribution in [0.15, 0.2) is 28.8 Å². The molecular weight excluding hydrogens is 364 g/mol. The second kappa shape index (κ2) is 8.40. The Morgan fingerprint density at radius 2 is 1.85 bits per heavy atom. The van der Waals surface area contributed by atoms with Gasteiger partial charge < -0.3 is 9.42 Å². The third-order valence-electron chi connectivity index (χ3n) is 5.55. The van der Waals surface area contributed by atoms with Gasteiger partial charge in [-0.1, -0.05) is 28.9 Å². The van der Waals surface area contributed by atoms with Crippen molar-refractivity contribution in [1.29, 1.82) is 0 Å². The van der Waals surface area contributed by atoms with Gasteiger partial charge in [0.15, 0.2) is 0 Å². The van der Waals surface area contributed by atoms with Crippen LogP contribution >= 0.6 is 11.6 Å². The van der Waals surface area contributed by atoms with E-state index in [1.807, 2.05) is 24.3 Å². The maximum absolute atomic E-state index is 12.7. The minimum Gasteiger partial charge on any atom is -0.342 e. The molecule has 0 N–H and O–H groups in total. The Morgan fingerprint density at radius 3 is 2.59 bits per heavy atom. The molecule has 3 heterocycles. The van der Waals surface area contributed by atoms with Crippen LogP contribution in [-0.4, -0.2) is 52.0 Å². The molecule has 7 heteroatoms. The zero-order chi connectivity index (χ0) is 18.6. The quantitative estimate of drug-likeness (QED) is 0.800. The second-order valence-electron chi connectivity index (χ2n) is 7.43. The summed E-state index contributed by atoms with van der Waals surface area (Å²) in [5.74, 6) is 1.63. The van der Waals surface area contributed by atoms with Crippen molar-refractivity contribution in [3.63, 3.8) is 0 Å². The zero-order valence-electron chi connectivity index (χ0n) is 15.4. The second-order valence-corrected chi connectivity index (χ2v) is 7.84. The van der Waals surface area contributed by atoms with Gasteiger partial charge in [0.25, 0.3) is 0 Å². The van der Waals surface area contributed by atoms with Crippen molar-refractivity contribution in [2.45, 2.75) is 38.6 Å². The summed E-state index contributed by atoms with van der Waals surface area (Å²) in [7, 11) is 0. The molecule has 2 aromatic rings. The normalized spacial score (nSPS) is 19.4. The SMILES string of the molecule is O=C(C1CCN(Cc2nc(-c3ccccc3Cl)no2)CC1)N1CCCCC1. The van der Waals surface area contributed by atoms with Gasteiger partial charge in [0, 0.05) is 24.6 Å². The first kappa shape index (κ1) is 18.4. The summed E-state index contributed by atoms with van der Waals surface area (Å²) in [6, 6.07) is 7.48. The van der Waals surface area contributed by atoms with Gasteiger partial charge in [0.05, 0.1) is 11.6 Å². The summed E-state index contributed by atoms with van der Waals surface area (Å²) in [5.41, 5.74) is 0.778. The lowest BCUT2D eigenvalue weighted by atomic mass is 9.94. The molecule has 27 heavy (non-hydrogen) atoms. The number of halogens is 1. The smallest absolute Gasteiger partial charge is 0.241 e. The van der Waals surface area contributed by atoms with E-state index >= 15 is 0 Å². The van der Waals surface area contributed by atoms with E-state index in [1.165, 1.54) is 6.42 Å². The molecule has 0 bridgehead atoms. The fourth-order valence-electron chi connectivity index (χ4n) is 3.97. The van der Waals surface area contributed by atoms with E-state index in [9.17, 15) is 4.79 Å². The predicted molar refractivity (Wildman–Crippen MR) is 103 cm³/mol. The maximum Gasteiger partial charge on any atom is 0.241 e. The number of benzene rings is 1. The molecule has 1 aromatic carbocycles. The van der Waals surface area contributed by atoms with Crippen LogP contribution in [-0.2, 0) is 11.3 Å². The lowest BCUT2D eigenvalue weighted by Gasteiger charge is -2.35. The fourth-order valence-corrected chi connectivity index (χ4v) is 4.19. The molecule has 1 amide bonds.